The van der Waals surface area contributed by atoms with E-state index in [0.717, 1.165) is 29.9 Å². The molecule has 0 aliphatic heterocycles. The third-order valence-electron chi connectivity index (χ3n) is 4.06. The fourth-order valence-electron chi connectivity index (χ4n) is 2.59. The van der Waals surface area contributed by atoms with Crippen LogP contribution in [0.5, 0.6) is 5.75 Å². The van der Waals surface area contributed by atoms with E-state index in [9.17, 15) is 22.0 Å². The zero-order valence-electron chi connectivity index (χ0n) is 15.3. The minimum atomic E-state index is -4.67. The second kappa shape index (κ2) is 8.56. The van der Waals surface area contributed by atoms with Crippen LogP contribution in [0.2, 0.25) is 5.15 Å². The predicted molar refractivity (Wildman–Crippen MR) is 97.5 cm³/mol. The van der Waals surface area contributed by atoms with Crippen molar-refractivity contribution in [3.8, 4) is 16.9 Å². The molecule has 7 nitrogen and oxygen atoms in total. The fraction of sp³-hybridized carbons (Fsp3) is 0.353. The van der Waals surface area contributed by atoms with Gasteiger partial charge in [-0.15, -0.1) is 0 Å². The second-order valence-corrected chi connectivity index (χ2v) is 6.55. The summed E-state index contributed by atoms with van der Waals surface area (Å²) in [5, 5.41) is 14.2. The van der Waals surface area contributed by atoms with Crippen LogP contribution in [0, 0.1) is 11.6 Å². The second-order valence-electron chi connectivity index (χ2n) is 6.19. The van der Waals surface area contributed by atoms with E-state index in [-0.39, 0.29) is 31.2 Å². The molecule has 1 atom stereocenters. The Morgan fingerprint density at radius 3 is 2.50 bits per heavy atom. The summed E-state index contributed by atoms with van der Waals surface area (Å²) in [4.78, 5) is 7.60. The van der Waals surface area contributed by atoms with Crippen LogP contribution >= 0.6 is 11.6 Å². The van der Waals surface area contributed by atoms with Gasteiger partial charge in [-0.25, -0.2) is 8.78 Å². The lowest BCUT2D eigenvalue weighted by Crippen LogP contribution is -2.34. The zero-order chi connectivity index (χ0) is 22.1. The molecular weight excluding hydrogens is 437 g/mol. The third-order valence-corrected chi connectivity index (χ3v) is 4.34. The molecule has 0 spiro atoms. The van der Waals surface area contributed by atoms with Gasteiger partial charge < -0.3 is 15.2 Å². The third kappa shape index (κ3) is 4.38. The number of halogens is 6. The summed E-state index contributed by atoms with van der Waals surface area (Å²) in [6.45, 7) is 0.665. The number of fused-ring (bicyclic) bond motifs is 1. The van der Waals surface area contributed by atoms with Crippen LogP contribution in [-0.2, 0) is 0 Å². The topological polar surface area (TPSA) is 84.6 Å². The first-order valence-corrected chi connectivity index (χ1v) is 8.96. The van der Waals surface area contributed by atoms with Crippen LogP contribution in [-0.4, -0.2) is 50.1 Å². The average molecular weight is 452 g/mol. The molecule has 0 saturated heterocycles. The molecule has 0 radical (unpaired) electrons. The first-order valence-electron chi connectivity index (χ1n) is 8.59. The highest BCUT2D eigenvalue weighted by molar-refractivity contribution is 6.33. The standard InChI is InChI=1S/C17H15ClF5N5O2/c1-8(17(21,22)23)26-15-13(14(18)27-16-24-7-25-28(15)16)12-10(19)5-9(6-11(12)20)30-4-2-3-29/h5-8,26,29H,2-4H2,1H3/t8-/m1/s1. The van der Waals surface area contributed by atoms with Crippen LogP contribution in [0.15, 0.2) is 18.5 Å². The van der Waals surface area contributed by atoms with Gasteiger partial charge in [0.05, 0.1) is 17.7 Å². The normalized spacial score (nSPS) is 12.9. The molecule has 1 aromatic carbocycles. The van der Waals surface area contributed by atoms with E-state index in [1.54, 1.807) is 0 Å². The number of alkyl halides is 3. The summed E-state index contributed by atoms with van der Waals surface area (Å²) in [7, 11) is 0. The van der Waals surface area contributed by atoms with E-state index in [0.29, 0.717) is 0 Å². The van der Waals surface area contributed by atoms with Crippen molar-refractivity contribution in [3.63, 3.8) is 0 Å². The summed E-state index contributed by atoms with van der Waals surface area (Å²) < 4.78 is 75.0. The zero-order valence-corrected chi connectivity index (χ0v) is 16.1. The lowest BCUT2D eigenvalue weighted by Gasteiger charge is -2.21. The molecule has 0 bridgehead atoms. The van der Waals surface area contributed by atoms with E-state index in [1.807, 2.05) is 0 Å². The number of aromatic nitrogens is 4. The number of anilines is 1. The van der Waals surface area contributed by atoms with Gasteiger partial charge >= 0.3 is 6.18 Å². The van der Waals surface area contributed by atoms with Crippen LogP contribution in [0.4, 0.5) is 27.8 Å². The molecule has 0 aliphatic rings. The van der Waals surface area contributed by atoms with Gasteiger partial charge in [0.25, 0.3) is 5.78 Å². The molecule has 0 aliphatic carbocycles. The number of hydrogen-bond donors (Lipinski definition) is 2. The molecule has 30 heavy (non-hydrogen) atoms. The Labute approximate surface area is 171 Å². The number of aliphatic hydroxyl groups is 1. The summed E-state index contributed by atoms with van der Waals surface area (Å²) in [5.41, 5.74) is -1.17. The Morgan fingerprint density at radius 2 is 1.90 bits per heavy atom. The number of benzene rings is 1. The van der Waals surface area contributed by atoms with Crippen molar-refractivity contribution < 1.29 is 31.8 Å². The molecule has 2 N–H and O–H groups in total. The summed E-state index contributed by atoms with van der Waals surface area (Å²) in [5.74, 6) is -3.03. The van der Waals surface area contributed by atoms with E-state index in [1.165, 1.54) is 0 Å². The van der Waals surface area contributed by atoms with E-state index in [2.05, 4.69) is 20.4 Å². The first kappa shape index (κ1) is 22.0. The maximum absolute atomic E-state index is 14.8. The molecule has 3 aromatic rings. The molecule has 162 valence electrons. The maximum atomic E-state index is 14.8. The van der Waals surface area contributed by atoms with Crippen molar-refractivity contribution >= 4 is 23.2 Å². The van der Waals surface area contributed by atoms with Crippen molar-refractivity contribution in [3.05, 3.63) is 35.2 Å². The minimum absolute atomic E-state index is 0.0118. The van der Waals surface area contributed by atoms with Crippen molar-refractivity contribution in [1.82, 2.24) is 19.6 Å². The highest BCUT2D eigenvalue weighted by Crippen LogP contribution is 2.39. The smallest absolute Gasteiger partial charge is 0.408 e. The van der Waals surface area contributed by atoms with Gasteiger partial charge in [-0.2, -0.15) is 32.8 Å². The predicted octanol–water partition coefficient (Wildman–Crippen LogP) is 3.85. The lowest BCUT2D eigenvalue weighted by molar-refractivity contribution is -0.138. The molecule has 13 heteroatoms. The van der Waals surface area contributed by atoms with Crippen LogP contribution in [0.1, 0.15) is 13.3 Å². The number of ether oxygens (including phenoxy) is 1. The molecule has 0 amide bonds. The Hall–Kier alpha value is -2.73. The average Bonchev–Trinajstić information content (AvgIpc) is 3.10. The van der Waals surface area contributed by atoms with Crippen molar-refractivity contribution in [2.24, 2.45) is 0 Å². The van der Waals surface area contributed by atoms with Gasteiger partial charge in [-0.3, -0.25) is 0 Å². The Balaban J connectivity index is 2.16. The number of nitrogens with zero attached hydrogens (tertiary/aromatic N) is 4. The molecule has 2 aromatic heterocycles. The van der Waals surface area contributed by atoms with Crippen molar-refractivity contribution in [1.29, 1.82) is 0 Å². The van der Waals surface area contributed by atoms with Crippen LogP contribution < -0.4 is 10.1 Å². The maximum Gasteiger partial charge on any atom is 0.408 e. The largest absolute Gasteiger partial charge is 0.493 e. The Bertz CT molecular complexity index is 1040. The van der Waals surface area contributed by atoms with Gasteiger partial charge in [0, 0.05) is 25.2 Å². The van der Waals surface area contributed by atoms with E-state index < -0.39 is 46.0 Å². The number of hydrogen-bond acceptors (Lipinski definition) is 6. The van der Waals surface area contributed by atoms with E-state index >= 15 is 0 Å². The molecule has 0 saturated carbocycles. The highest BCUT2D eigenvalue weighted by atomic mass is 35.5. The Kier molecular flexibility index (Phi) is 6.27. The Morgan fingerprint density at radius 1 is 1.23 bits per heavy atom. The summed E-state index contributed by atoms with van der Waals surface area (Å²) >= 11 is 6.08. The minimum Gasteiger partial charge on any atom is -0.493 e. The number of rotatable bonds is 7. The quantitative estimate of drug-likeness (QED) is 0.322. The lowest BCUT2D eigenvalue weighted by atomic mass is 10.1. The van der Waals surface area contributed by atoms with Crippen molar-refractivity contribution in [2.45, 2.75) is 25.6 Å². The molecule has 0 fully saturated rings. The van der Waals surface area contributed by atoms with Gasteiger partial charge in [-0.1, -0.05) is 11.6 Å². The van der Waals surface area contributed by atoms with Gasteiger partial charge in [0.2, 0.25) is 0 Å². The SMILES string of the molecule is C[C@@H](Nc1c(-c2c(F)cc(OCCCO)cc2F)c(Cl)nc2ncnn12)C(F)(F)F. The van der Waals surface area contributed by atoms with E-state index in [4.69, 9.17) is 21.4 Å². The molecule has 0 unspecified atom stereocenters. The van der Waals surface area contributed by atoms with Crippen molar-refractivity contribution in [2.75, 3.05) is 18.5 Å². The number of nitrogens with one attached hydrogen (secondary N) is 1. The molecule has 2 heterocycles. The monoisotopic (exact) mass is 451 g/mol. The van der Waals surface area contributed by atoms with Crippen LogP contribution in [0.3, 0.4) is 0 Å². The summed E-state index contributed by atoms with van der Waals surface area (Å²) in [6, 6.07) is -0.391. The number of aliphatic hydroxyl groups excluding tert-OH is 1. The van der Waals surface area contributed by atoms with Gasteiger partial charge in [0.1, 0.15) is 40.7 Å². The fourth-order valence-corrected chi connectivity index (χ4v) is 2.84. The molecule has 3 rings (SSSR count). The highest BCUT2D eigenvalue weighted by Gasteiger charge is 2.37. The van der Waals surface area contributed by atoms with Gasteiger partial charge in [-0.05, 0) is 6.92 Å². The molecular formula is C17H15ClF5N5O2. The summed E-state index contributed by atoms with van der Waals surface area (Å²) in [6.07, 6.45) is -3.41. The van der Waals surface area contributed by atoms with Crippen LogP contribution in [0.25, 0.3) is 16.9 Å². The van der Waals surface area contributed by atoms with Gasteiger partial charge in [0.15, 0.2) is 0 Å². The first-order chi connectivity index (χ1) is 14.1.